The first-order valence-corrected chi connectivity index (χ1v) is 7.85. The van der Waals surface area contributed by atoms with Crippen LogP contribution in [0.2, 0.25) is 0 Å². The molecule has 1 heterocycles. The van der Waals surface area contributed by atoms with E-state index in [1.807, 2.05) is 13.8 Å². The van der Waals surface area contributed by atoms with Gasteiger partial charge < -0.3 is 20.7 Å². The highest BCUT2D eigenvalue weighted by Crippen LogP contribution is 1.94. The summed E-state index contributed by atoms with van der Waals surface area (Å²) in [7, 11) is 0. The fourth-order valence-electron chi connectivity index (χ4n) is 1.97. The minimum atomic E-state index is -0.0396. The van der Waals surface area contributed by atoms with Crippen LogP contribution in [0.1, 0.15) is 20.3 Å². The van der Waals surface area contributed by atoms with E-state index < -0.39 is 0 Å². The zero-order chi connectivity index (χ0) is 15.3. The summed E-state index contributed by atoms with van der Waals surface area (Å²) in [6.07, 6.45) is 0.938. The number of amides is 1. The van der Waals surface area contributed by atoms with Gasteiger partial charge in [-0.3, -0.25) is 9.69 Å². The van der Waals surface area contributed by atoms with E-state index in [1.165, 1.54) is 0 Å². The summed E-state index contributed by atoms with van der Waals surface area (Å²) in [6, 6.07) is 0. The third kappa shape index (κ3) is 10.2. The highest BCUT2D eigenvalue weighted by molar-refractivity contribution is 14.0. The zero-order valence-electron chi connectivity index (χ0n) is 13.7. The topological polar surface area (TPSA) is 78.0 Å². The van der Waals surface area contributed by atoms with Crippen LogP contribution in [0.3, 0.4) is 0 Å². The molecule has 0 aliphatic carbocycles. The molecule has 7 nitrogen and oxygen atoms in total. The van der Waals surface area contributed by atoms with Crippen LogP contribution in [0.5, 0.6) is 0 Å². The number of morpholine rings is 1. The molecule has 1 aliphatic rings. The number of hydrogen-bond acceptors (Lipinski definition) is 4. The average Bonchev–Trinajstić information content (AvgIpc) is 2.51. The number of carbonyl (C=O) groups excluding carboxylic acids is 1. The van der Waals surface area contributed by atoms with Gasteiger partial charge in [-0.2, -0.15) is 0 Å². The number of rotatable bonds is 8. The second-order valence-corrected chi connectivity index (χ2v) is 4.93. The molecule has 0 unspecified atom stereocenters. The average molecular weight is 427 g/mol. The van der Waals surface area contributed by atoms with Crippen LogP contribution in [0.25, 0.3) is 0 Å². The third-order valence-electron chi connectivity index (χ3n) is 3.12. The maximum absolute atomic E-state index is 11.5. The van der Waals surface area contributed by atoms with Crippen molar-refractivity contribution in [1.29, 1.82) is 0 Å². The first-order valence-electron chi connectivity index (χ1n) is 7.85. The molecule has 0 saturated carbocycles. The molecule has 1 aliphatic heterocycles. The lowest BCUT2D eigenvalue weighted by atomic mass is 10.4. The second-order valence-electron chi connectivity index (χ2n) is 4.93. The van der Waals surface area contributed by atoms with Crippen molar-refractivity contribution in [2.75, 3.05) is 59.0 Å². The van der Waals surface area contributed by atoms with Crippen LogP contribution < -0.4 is 16.0 Å². The molecular weight excluding hydrogens is 397 g/mol. The van der Waals surface area contributed by atoms with Crippen molar-refractivity contribution < 1.29 is 9.53 Å². The molecule has 0 radical (unpaired) electrons. The van der Waals surface area contributed by atoms with Crippen LogP contribution in [-0.2, 0) is 9.53 Å². The van der Waals surface area contributed by atoms with Gasteiger partial charge in [-0.25, -0.2) is 4.99 Å². The Morgan fingerprint density at radius 2 is 1.86 bits per heavy atom. The number of guanidine groups is 1. The van der Waals surface area contributed by atoms with Gasteiger partial charge in [0.05, 0.1) is 13.2 Å². The van der Waals surface area contributed by atoms with E-state index >= 15 is 0 Å². The number of nitrogens with one attached hydrogen (secondary N) is 3. The Hall–Kier alpha value is -0.610. The molecule has 1 fully saturated rings. The summed E-state index contributed by atoms with van der Waals surface area (Å²) in [6.45, 7) is 11.0. The van der Waals surface area contributed by atoms with Crippen LogP contribution in [0, 0.1) is 0 Å². The van der Waals surface area contributed by atoms with Crippen LogP contribution in [-0.4, -0.2) is 75.8 Å². The summed E-state index contributed by atoms with van der Waals surface area (Å²) in [4.78, 5) is 18.2. The molecule has 0 aromatic heterocycles. The number of nitrogens with zero attached hydrogens (tertiary/aromatic N) is 2. The Balaban J connectivity index is 0.00000441. The van der Waals surface area contributed by atoms with E-state index in [9.17, 15) is 4.79 Å². The summed E-state index contributed by atoms with van der Waals surface area (Å²) >= 11 is 0. The second kappa shape index (κ2) is 14.0. The van der Waals surface area contributed by atoms with Crippen molar-refractivity contribution in [2.45, 2.75) is 20.3 Å². The number of ether oxygens (including phenoxy) is 1. The predicted molar refractivity (Wildman–Crippen MR) is 100.0 cm³/mol. The van der Waals surface area contributed by atoms with Crippen molar-refractivity contribution in [3.05, 3.63) is 0 Å². The molecule has 22 heavy (non-hydrogen) atoms. The Labute approximate surface area is 150 Å². The highest BCUT2D eigenvalue weighted by atomic mass is 127. The van der Waals surface area contributed by atoms with E-state index in [0.717, 1.165) is 52.4 Å². The Kier molecular flexibility index (Phi) is 13.6. The molecule has 8 heteroatoms. The zero-order valence-corrected chi connectivity index (χ0v) is 16.0. The number of hydrogen-bond donors (Lipinski definition) is 3. The maximum Gasteiger partial charge on any atom is 0.241 e. The van der Waals surface area contributed by atoms with Gasteiger partial charge in [-0.1, -0.05) is 6.92 Å². The molecule has 0 atom stereocenters. The Morgan fingerprint density at radius 3 is 2.50 bits per heavy atom. The summed E-state index contributed by atoms with van der Waals surface area (Å²) in [5.74, 6) is 0.652. The van der Waals surface area contributed by atoms with Gasteiger partial charge in [0.2, 0.25) is 5.91 Å². The lowest BCUT2D eigenvalue weighted by molar-refractivity contribution is -0.119. The molecule has 130 valence electrons. The smallest absolute Gasteiger partial charge is 0.241 e. The normalized spacial score (nSPS) is 15.8. The minimum Gasteiger partial charge on any atom is -0.379 e. The summed E-state index contributed by atoms with van der Waals surface area (Å²) < 4.78 is 5.32. The lowest BCUT2D eigenvalue weighted by Crippen LogP contribution is -2.44. The number of halogens is 1. The molecule has 0 spiro atoms. The largest absolute Gasteiger partial charge is 0.379 e. The highest BCUT2D eigenvalue weighted by Gasteiger charge is 2.09. The summed E-state index contributed by atoms with van der Waals surface area (Å²) in [5.41, 5.74) is 0. The first kappa shape index (κ1) is 21.4. The van der Waals surface area contributed by atoms with Crippen molar-refractivity contribution in [3.63, 3.8) is 0 Å². The van der Waals surface area contributed by atoms with E-state index in [1.54, 1.807) is 0 Å². The Morgan fingerprint density at radius 1 is 1.14 bits per heavy atom. The monoisotopic (exact) mass is 427 g/mol. The molecular formula is C14H30IN5O2. The van der Waals surface area contributed by atoms with Gasteiger partial charge >= 0.3 is 0 Å². The maximum atomic E-state index is 11.5. The first-order chi connectivity index (χ1) is 10.3. The van der Waals surface area contributed by atoms with Crippen molar-refractivity contribution in [3.8, 4) is 0 Å². The molecule has 0 aromatic rings. The Bertz CT molecular complexity index is 322. The van der Waals surface area contributed by atoms with Gasteiger partial charge in [-0.15, -0.1) is 24.0 Å². The van der Waals surface area contributed by atoms with Crippen LogP contribution in [0.4, 0.5) is 0 Å². The quantitative estimate of drug-likeness (QED) is 0.289. The standard InChI is InChI=1S/C14H29N5O2.HI/c1-3-5-16-13(20)12-18-14(15-4-2)17-6-7-19-8-10-21-11-9-19;/h3-12H2,1-2H3,(H,16,20)(H2,15,17,18);1H. The fourth-order valence-corrected chi connectivity index (χ4v) is 1.97. The molecule has 3 N–H and O–H groups in total. The van der Waals surface area contributed by atoms with E-state index in [2.05, 4.69) is 25.8 Å². The SMILES string of the molecule is CCCNC(=O)CN=C(NCC)NCCN1CCOCC1.I. The molecule has 0 bridgehead atoms. The molecule has 0 aromatic carbocycles. The van der Waals surface area contributed by atoms with Gasteiger partial charge in [0.25, 0.3) is 0 Å². The molecule has 1 rings (SSSR count). The summed E-state index contributed by atoms with van der Waals surface area (Å²) in [5, 5.41) is 9.22. The number of aliphatic imine (C=N–C) groups is 1. The van der Waals surface area contributed by atoms with Gasteiger partial charge in [0, 0.05) is 39.3 Å². The predicted octanol–water partition coefficient (Wildman–Crippen LogP) is 0.0179. The van der Waals surface area contributed by atoms with Gasteiger partial charge in [0.1, 0.15) is 6.54 Å². The van der Waals surface area contributed by atoms with Crippen molar-refractivity contribution in [2.24, 2.45) is 4.99 Å². The van der Waals surface area contributed by atoms with Crippen molar-refractivity contribution >= 4 is 35.8 Å². The van der Waals surface area contributed by atoms with Crippen LogP contribution in [0.15, 0.2) is 4.99 Å². The van der Waals surface area contributed by atoms with E-state index in [-0.39, 0.29) is 36.4 Å². The lowest BCUT2D eigenvalue weighted by Gasteiger charge is -2.26. The molecule has 1 amide bonds. The van der Waals surface area contributed by atoms with Crippen molar-refractivity contribution in [1.82, 2.24) is 20.9 Å². The van der Waals surface area contributed by atoms with Gasteiger partial charge in [-0.05, 0) is 13.3 Å². The molecule has 1 saturated heterocycles. The minimum absolute atomic E-state index is 0. The van der Waals surface area contributed by atoms with Gasteiger partial charge in [0.15, 0.2) is 5.96 Å². The van der Waals surface area contributed by atoms with E-state index in [4.69, 9.17) is 4.74 Å². The van der Waals surface area contributed by atoms with E-state index in [0.29, 0.717) is 12.5 Å². The fraction of sp³-hybridized carbons (Fsp3) is 0.857. The number of carbonyl (C=O) groups is 1. The third-order valence-corrected chi connectivity index (χ3v) is 3.12. The van der Waals surface area contributed by atoms with Crippen LogP contribution >= 0.6 is 24.0 Å².